The zero-order chi connectivity index (χ0) is 18.0. The average Bonchev–Trinajstić information content (AvgIpc) is 2.97. The van der Waals surface area contributed by atoms with Crippen LogP contribution in [0.15, 0.2) is 53.3 Å². The van der Waals surface area contributed by atoms with Crippen LogP contribution in [-0.2, 0) is 10.2 Å². The molecule has 1 aromatic heterocycles. The highest BCUT2D eigenvalue weighted by molar-refractivity contribution is 5.82. The van der Waals surface area contributed by atoms with Gasteiger partial charge in [-0.2, -0.15) is 0 Å². The number of benzene rings is 1. The predicted octanol–water partition coefficient (Wildman–Crippen LogP) is 3.38. The van der Waals surface area contributed by atoms with Crippen molar-refractivity contribution in [2.45, 2.75) is 45.1 Å². The van der Waals surface area contributed by atoms with Gasteiger partial charge in [0.1, 0.15) is 0 Å². The van der Waals surface area contributed by atoms with Crippen molar-refractivity contribution in [1.29, 1.82) is 0 Å². The van der Waals surface area contributed by atoms with Gasteiger partial charge in [-0.1, -0.05) is 57.2 Å². The summed E-state index contributed by atoms with van der Waals surface area (Å²) in [5, 5.41) is 2.97. The molecule has 0 bridgehead atoms. The van der Waals surface area contributed by atoms with Crippen LogP contribution in [0.3, 0.4) is 0 Å². The van der Waals surface area contributed by atoms with Crippen molar-refractivity contribution in [1.82, 2.24) is 10.3 Å². The third-order valence-corrected chi connectivity index (χ3v) is 4.52. The molecule has 0 saturated carbocycles. The monoisotopic (exact) mass is 336 g/mol. The summed E-state index contributed by atoms with van der Waals surface area (Å²) in [7, 11) is 0. The highest BCUT2D eigenvalue weighted by atomic mass is 16.2. The van der Waals surface area contributed by atoms with E-state index in [-0.39, 0.29) is 22.9 Å². The molecule has 0 spiro atoms. The van der Waals surface area contributed by atoms with E-state index in [1.165, 1.54) is 11.6 Å². The lowest BCUT2D eigenvalue weighted by atomic mass is 9.86. The van der Waals surface area contributed by atoms with Gasteiger partial charge in [0.15, 0.2) is 0 Å². The molecule has 1 amide bonds. The van der Waals surface area contributed by atoms with Crippen LogP contribution in [0.4, 0.5) is 0 Å². The summed E-state index contributed by atoms with van der Waals surface area (Å²) in [6, 6.07) is 13.5. The third-order valence-electron chi connectivity index (χ3n) is 4.52. The number of aromatic amines is 1. The molecule has 4 nitrogen and oxygen atoms in total. The van der Waals surface area contributed by atoms with E-state index < -0.39 is 0 Å². The number of aromatic nitrogens is 1. The first kappa shape index (κ1) is 17.2. The van der Waals surface area contributed by atoms with Crippen molar-refractivity contribution in [3.63, 3.8) is 0 Å². The van der Waals surface area contributed by atoms with Crippen LogP contribution in [0.5, 0.6) is 0 Å². The number of hydrogen-bond acceptors (Lipinski definition) is 2. The molecule has 2 aromatic rings. The van der Waals surface area contributed by atoms with Crippen molar-refractivity contribution in [3.8, 4) is 0 Å². The average molecular weight is 336 g/mol. The van der Waals surface area contributed by atoms with Gasteiger partial charge in [-0.05, 0) is 29.0 Å². The van der Waals surface area contributed by atoms with Crippen LogP contribution < -0.4 is 10.9 Å². The highest BCUT2D eigenvalue weighted by Gasteiger charge is 2.20. The topological polar surface area (TPSA) is 62.0 Å². The minimum atomic E-state index is -0.134. The molecular formula is C21H24N2O2. The number of nitrogens with one attached hydrogen (secondary N) is 2. The molecule has 1 atom stereocenters. The molecule has 0 unspecified atom stereocenters. The lowest BCUT2D eigenvalue weighted by Gasteiger charge is -2.20. The lowest BCUT2D eigenvalue weighted by Crippen LogP contribution is -2.23. The van der Waals surface area contributed by atoms with Crippen LogP contribution >= 0.6 is 0 Å². The zero-order valence-corrected chi connectivity index (χ0v) is 14.9. The second-order valence-electron chi connectivity index (χ2n) is 7.55. The fourth-order valence-electron chi connectivity index (χ4n) is 3.06. The van der Waals surface area contributed by atoms with E-state index in [1.807, 2.05) is 12.1 Å². The summed E-state index contributed by atoms with van der Waals surface area (Å²) >= 11 is 0. The van der Waals surface area contributed by atoms with E-state index in [9.17, 15) is 9.59 Å². The van der Waals surface area contributed by atoms with Gasteiger partial charge in [0.05, 0.1) is 0 Å². The van der Waals surface area contributed by atoms with Gasteiger partial charge >= 0.3 is 0 Å². The van der Waals surface area contributed by atoms with E-state index in [0.29, 0.717) is 6.42 Å². The molecule has 2 heterocycles. The molecule has 4 heteroatoms. The summed E-state index contributed by atoms with van der Waals surface area (Å²) < 4.78 is 0. The number of carbonyl (C=O) groups is 1. The SMILES string of the molecule is CC(C)(C)c1ccc(/C(=C/[C@H]2CCC(=O)N2)c2cccc(=O)[nH]2)cc1. The molecule has 1 fully saturated rings. The second kappa shape index (κ2) is 6.71. The third kappa shape index (κ3) is 4.08. The maximum absolute atomic E-state index is 11.7. The van der Waals surface area contributed by atoms with Crippen molar-refractivity contribution in [2.75, 3.05) is 0 Å². The Kier molecular flexibility index (Phi) is 4.62. The minimum Gasteiger partial charge on any atom is -0.350 e. The Labute approximate surface area is 148 Å². The number of pyridine rings is 1. The van der Waals surface area contributed by atoms with Crippen molar-refractivity contribution >= 4 is 11.5 Å². The summed E-state index contributed by atoms with van der Waals surface area (Å²) in [4.78, 5) is 26.2. The van der Waals surface area contributed by atoms with Gasteiger partial charge in [0.25, 0.3) is 0 Å². The number of carbonyl (C=O) groups excluding carboxylic acids is 1. The molecule has 25 heavy (non-hydrogen) atoms. The van der Waals surface area contributed by atoms with Crippen molar-refractivity contribution in [3.05, 3.63) is 75.7 Å². The Morgan fingerprint density at radius 2 is 1.80 bits per heavy atom. The van der Waals surface area contributed by atoms with Crippen LogP contribution in [0.25, 0.3) is 5.57 Å². The number of hydrogen-bond donors (Lipinski definition) is 2. The molecule has 0 radical (unpaired) electrons. The Morgan fingerprint density at radius 1 is 1.08 bits per heavy atom. The molecule has 2 N–H and O–H groups in total. The summed E-state index contributed by atoms with van der Waals surface area (Å²) in [6.07, 6.45) is 3.37. The summed E-state index contributed by atoms with van der Waals surface area (Å²) in [5.41, 5.74) is 3.93. The summed E-state index contributed by atoms with van der Waals surface area (Å²) in [6.45, 7) is 6.55. The van der Waals surface area contributed by atoms with Crippen LogP contribution in [-0.4, -0.2) is 16.9 Å². The molecule has 1 aliphatic rings. The Bertz CT molecular complexity index is 854. The Balaban J connectivity index is 2.03. The first-order chi connectivity index (χ1) is 11.8. The number of rotatable bonds is 3. The predicted molar refractivity (Wildman–Crippen MR) is 100 cm³/mol. The van der Waals surface area contributed by atoms with Crippen LogP contribution in [0, 0.1) is 0 Å². The fourth-order valence-corrected chi connectivity index (χ4v) is 3.06. The van der Waals surface area contributed by atoms with Crippen molar-refractivity contribution in [2.24, 2.45) is 0 Å². The maximum Gasteiger partial charge on any atom is 0.248 e. The second-order valence-corrected chi connectivity index (χ2v) is 7.55. The van der Waals surface area contributed by atoms with Gasteiger partial charge in [-0.15, -0.1) is 0 Å². The van der Waals surface area contributed by atoms with Gasteiger partial charge < -0.3 is 10.3 Å². The molecule has 3 rings (SSSR count). The van der Waals surface area contributed by atoms with E-state index in [2.05, 4.69) is 55.3 Å². The molecule has 1 aliphatic heterocycles. The molecular weight excluding hydrogens is 312 g/mol. The first-order valence-electron chi connectivity index (χ1n) is 8.65. The standard InChI is InChI=1S/C21H24N2O2/c1-21(2,3)15-9-7-14(8-10-15)17(13-16-11-12-20(25)22-16)18-5-4-6-19(24)23-18/h4-10,13,16H,11-12H2,1-3H3,(H,22,25)(H,23,24)/b17-13-/t16-/m1/s1. The van der Waals surface area contributed by atoms with Crippen LogP contribution in [0.2, 0.25) is 0 Å². The lowest BCUT2D eigenvalue weighted by molar-refractivity contribution is -0.119. The van der Waals surface area contributed by atoms with E-state index >= 15 is 0 Å². The normalized spacial score (nSPS) is 18.3. The zero-order valence-electron chi connectivity index (χ0n) is 14.9. The highest BCUT2D eigenvalue weighted by Crippen LogP contribution is 2.27. The van der Waals surface area contributed by atoms with Gasteiger partial charge in [-0.25, -0.2) is 0 Å². The molecule has 130 valence electrons. The van der Waals surface area contributed by atoms with Gasteiger partial charge in [-0.3, -0.25) is 9.59 Å². The quantitative estimate of drug-likeness (QED) is 0.902. The van der Waals surface area contributed by atoms with Crippen LogP contribution in [0.1, 0.15) is 50.4 Å². The molecule has 1 saturated heterocycles. The van der Waals surface area contributed by atoms with E-state index in [4.69, 9.17) is 0 Å². The number of H-pyrrole nitrogens is 1. The Hall–Kier alpha value is -2.62. The summed E-state index contributed by atoms with van der Waals surface area (Å²) in [5.74, 6) is 0.0743. The first-order valence-corrected chi connectivity index (χ1v) is 8.65. The van der Waals surface area contributed by atoms with E-state index in [0.717, 1.165) is 23.3 Å². The smallest absolute Gasteiger partial charge is 0.248 e. The molecule has 1 aromatic carbocycles. The minimum absolute atomic E-state index is 0.00602. The van der Waals surface area contributed by atoms with E-state index in [1.54, 1.807) is 6.07 Å². The molecule has 0 aliphatic carbocycles. The maximum atomic E-state index is 11.7. The van der Waals surface area contributed by atoms with Gasteiger partial charge in [0.2, 0.25) is 11.5 Å². The largest absolute Gasteiger partial charge is 0.350 e. The number of amides is 1. The van der Waals surface area contributed by atoms with Gasteiger partial charge in [0, 0.05) is 29.8 Å². The Morgan fingerprint density at radius 3 is 2.36 bits per heavy atom. The fraction of sp³-hybridized carbons (Fsp3) is 0.333. The van der Waals surface area contributed by atoms with Crippen molar-refractivity contribution < 1.29 is 4.79 Å².